The SMILES string of the molecule is C#C.CC(=O)N[C@H]1C[C@@H](c2ccccc2)NC1=O.COCc1cc(C(F)(F)F)cc(C(F)(F)F)c1. The molecular formula is C24H24F6N2O3. The van der Waals surface area contributed by atoms with Crippen molar-refractivity contribution in [3.63, 3.8) is 0 Å². The number of halogens is 6. The third-order valence-corrected chi connectivity index (χ3v) is 4.64. The first kappa shape index (κ1) is 29.5. The van der Waals surface area contributed by atoms with Gasteiger partial charge in [-0.25, -0.2) is 0 Å². The molecule has 1 heterocycles. The molecule has 0 saturated carbocycles. The highest BCUT2D eigenvalue weighted by Gasteiger charge is 2.37. The molecule has 190 valence electrons. The highest BCUT2D eigenvalue weighted by atomic mass is 19.4. The van der Waals surface area contributed by atoms with Gasteiger partial charge in [0.2, 0.25) is 11.8 Å². The summed E-state index contributed by atoms with van der Waals surface area (Å²) in [6.45, 7) is 1.11. The first-order valence-electron chi connectivity index (χ1n) is 10.0. The Morgan fingerprint density at radius 2 is 1.54 bits per heavy atom. The Morgan fingerprint density at radius 3 is 1.97 bits per heavy atom. The molecular weight excluding hydrogens is 478 g/mol. The number of alkyl halides is 6. The van der Waals surface area contributed by atoms with Gasteiger partial charge in [-0.3, -0.25) is 9.59 Å². The number of amides is 2. The van der Waals surface area contributed by atoms with Gasteiger partial charge in [0.05, 0.1) is 23.8 Å². The maximum Gasteiger partial charge on any atom is 0.416 e. The normalized spacial score (nSPS) is 17.3. The van der Waals surface area contributed by atoms with E-state index in [0.29, 0.717) is 18.6 Å². The van der Waals surface area contributed by atoms with Crippen LogP contribution in [0.4, 0.5) is 26.3 Å². The molecule has 0 spiro atoms. The molecule has 0 radical (unpaired) electrons. The number of carbonyl (C=O) groups excluding carboxylic acids is 2. The van der Waals surface area contributed by atoms with Crippen molar-refractivity contribution < 1.29 is 40.7 Å². The zero-order chi connectivity index (χ0) is 26.8. The predicted molar refractivity (Wildman–Crippen MR) is 117 cm³/mol. The van der Waals surface area contributed by atoms with E-state index < -0.39 is 29.5 Å². The Bertz CT molecular complexity index is 972. The van der Waals surface area contributed by atoms with E-state index in [9.17, 15) is 35.9 Å². The molecule has 0 aromatic heterocycles. The Kier molecular flexibility index (Phi) is 10.8. The number of benzene rings is 2. The minimum Gasteiger partial charge on any atom is -0.380 e. The molecule has 2 atom stereocenters. The fraction of sp³-hybridized carbons (Fsp3) is 0.333. The molecule has 0 aliphatic carbocycles. The van der Waals surface area contributed by atoms with Crippen molar-refractivity contribution in [1.82, 2.24) is 10.6 Å². The van der Waals surface area contributed by atoms with Crippen LogP contribution in [-0.4, -0.2) is 25.0 Å². The lowest BCUT2D eigenvalue weighted by Crippen LogP contribution is -2.38. The van der Waals surface area contributed by atoms with Crippen molar-refractivity contribution in [3.05, 3.63) is 70.8 Å². The van der Waals surface area contributed by atoms with Crippen molar-refractivity contribution in [1.29, 1.82) is 0 Å². The second-order valence-electron chi connectivity index (χ2n) is 7.31. The van der Waals surface area contributed by atoms with Crippen LogP contribution in [0.1, 0.15) is 41.6 Å². The molecule has 1 aliphatic rings. The quantitative estimate of drug-likeness (QED) is 0.463. The highest BCUT2D eigenvalue weighted by molar-refractivity contribution is 5.88. The second kappa shape index (κ2) is 12.8. The summed E-state index contributed by atoms with van der Waals surface area (Å²) in [5.41, 5.74) is -1.77. The van der Waals surface area contributed by atoms with Gasteiger partial charge in [-0.1, -0.05) is 30.3 Å². The van der Waals surface area contributed by atoms with Crippen molar-refractivity contribution in [3.8, 4) is 12.8 Å². The van der Waals surface area contributed by atoms with Gasteiger partial charge in [0, 0.05) is 20.5 Å². The van der Waals surface area contributed by atoms with Gasteiger partial charge in [-0.2, -0.15) is 26.3 Å². The molecule has 1 fully saturated rings. The summed E-state index contributed by atoms with van der Waals surface area (Å²) >= 11 is 0. The van der Waals surface area contributed by atoms with Crippen molar-refractivity contribution >= 4 is 11.8 Å². The third kappa shape index (κ3) is 9.33. The Morgan fingerprint density at radius 1 is 1.03 bits per heavy atom. The molecule has 11 heteroatoms. The van der Waals surface area contributed by atoms with E-state index in [-0.39, 0.29) is 36.1 Å². The fourth-order valence-electron chi connectivity index (χ4n) is 3.22. The van der Waals surface area contributed by atoms with Crippen molar-refractivity contribution in [2.24, 2.45) is 0 Å². The largest absolute Gasteiger partial charge is 0.416 e. The van der Waals surface area contributed by atoms with Gasteiger partial charge >= 0.3 is 12.4 Å². The van der Waals surface area contributed by atoms with Gasteiger partial charge < -0.3 is 15.4 Å². The number of terminal acetylenes is 1. The smallest absolute Gasteiger partial charge is 0.380 e. The van der Waals surface area contributed by atoms with Crippen molar-refractivity contribution in [2.75, 3.05) is 7.11 Å². The highest BCUT2D eigenvalue weighted by Crippen LogP contribution is 2.36. The van der Waals surface area contributed by atoms with E-state index in [0.717, 1.165) is 5.56 Å². The lowest BCUT2D eigenvalue weighted by Gasteiger charge is -2.13. The average Bonchev–Trinajstić information content (AvgIpc) is 3.15. The number of hydrogen-bond donors (Lipinski definition) is 2. The maximum absolute atomic E-state index is 12.4. The molecule has 5 nitrogen and oxygen atoms in total. The summed E-state index contributed by atoms with van der Waals surface area (Å²) < 4.78 is 78.7. The Balaban J connectivity index is 0.000000327. The minimum atomic E-state index is -4.82. The molecule has 3 rings (SSSR count). The molecule has 2 amide bonds. The van der Waals surface area contributed by atoms with Crippen LogP contribution >= 0.6 is 0 Å². The molecule has 0 bridgehead atoms. The zero-order valence-corrected chi connectivity index (χ0v) is 18.8. The summed E-state index contributed by atoms with van der Waals surface area (Å²) in [5.74, 6) is -0.280. The van der Waals surface area contributed by atoms with E-state index in [1.54, 1.807) is 0 Å². The number of carbonyl (C=O) groups is 2. The zero-order valence-electron chi connectivity index (χ0n) is 18.8. The van der Waals surface area contributed by atoms with Gasteiger partial charge in [-0.05, 0) is 29.3 Å². The first-order valence-corrected chi connectivity index (χ1v) is 10.0. The van der Waals surface area contributed by atoms with E-state index in [4.69, 9.17) is 0 Å². The van der Waals surface area contributed by atoms with Gasteiger partial charge in [0.1, 0.15) is 6.04 Å². The molecule has 2 N–H and O–H groups in total. The summed E-state index contributed by atoms with van der Waals surface area (Å²) in [6, 6.07) is 10.7. The summed E-state index contributed by atoms with van der Waals surface area (Å²) in [6.07, 6.45) is -1.02. The van der Waals surface area contributed by atoms with Crippen molar-refractivity contribution in [2.45, 2.75) is 44.4 Å². The predicted octanol–water partition coefficient (Wildman–Crippen LogP) is 4.87. The van der Waals surface area contributed by atoms with Crippen LogP contribution in [0.5, 0.6) is 0 Å². The fourth-order valence-corrected chi connectivity index (χ4v) is 3.22. The third-order valence-electron chi connectivity index (χ3n) is 4.64. The number of hydrogen-bond acceptors (Lipinski definition) is 3. The first-order chi connectivity index (χ1) is 16.3. The van der Waals surface area contributed by atoms with Gasteiger partial charge in [-0.15, -0.1) is 12.8 Å². The van der Waals surface area contributed by atoms with Crippen LogP contribution < -0.4 is 10.6 Å². The maximum atomic E-state index is 12.4. The summed E-state index contributed by atoms with van der Waals surface area (Å²) in [4.78, 5) is 22.5. The Hall–Kier alpha value is -3.52. The van der Waals surface area contributed by atoms with Gasteiger partial charge in [0.25, 0.3) is 0 Å². The molecule has 35 heavy (non-hydrogen) atoms. The van der Waals surface area contributed by atoms with E-state index in [1.165, 1.54) is 14.0 Å². The standard InChI is InChI=1S/C12H14N2O2.C10H8F6O.C2H2/c1-8(15)13-11-7-10(14-12(11)16)9-5-3-2-4-6-9;1-17-5-6-2-7(9(11,12)13)4-8(3-6)10(14,15)16;1-2/h2-6,10-11H,7H2,1H3,(H,13,15)(H,14,16);2-4H,5H2,1H3;1-2H/t10-,11-;;/m0../s1. The topological polar surface area (TPSA) is 67.4 Å². The number of rotatable bonds is 4. The van der Waals surface area contributed by atoms with Crippen LogP contribution in [0.15, 0.2) is 48.5 Å². The summed E-state index contributed by atoms with van der Waals surface area (Å²) in [5, 5.41) is 5.51. The molecule has 0 unspecified atom stereocenters. The van der Waals surface area contributed by atoms with E-state index in [2.05, 4.69) is 28.2 Å². The second-order valence-corrected chi connectivity index (χ2v) is 7.31. The van der Waals surface area contributed by atoms with Crippen LogP contribution in [0.2, 0.25) is 0 Å². The van der Waals surface area contributed by atoms with Crippen LogP contribution in [0.25, 0.3) is 0 Å². The van der Waals surface area contributed by atoms with Gasteiger partial charge in [0.15, 0.2) is 0 Å². The number of nitrogens with one attached hydrogen (secondary N) is 2. The molecule has 1 aliphatic heterocycles. The van der Waals surface area contributed by atoms with E-state index in [1.807, 2.05) is 30.3 Å². The molecule has 2 aromatic carbocycles. The van der Waals surface area contributed by atoms with E-state index >= 15 is 0 Å². The Labute approximate surface area is 198 Å². The molecule has 2 aromatic rings. The lowest BCUT2D eigenvalue weighted by molar-refractivity contribution is -0.143. The van der Waals surface area contributed by atoms with Crippen LogP contribution in [0, 0.1) is 12.8 Å². The molecule has 1 saturated heterocycles. The summed E-state index contributed by atoms with van der Waals surface area (Å²) in [7, 11) is 1.19. The average molecular weight is 502 g/mol. The van der Waals surface area contributed by atoms with Crippen LogP contribution in [0.3, 0.4) is 0 Å². The minimum absolute atomic E-state index is 0.00514. The van der Waals surface area contributed by atoms with Crippen LogP contribution in [-0.2, 0) is 33.3 Å². The lowest BCUT2D eigenvalue weighted by atomic mass is 10.0. The monoisotopic (exact) mass is 502 g/mol. The number of methoxy groups -OCH3 is 1. The number of ether oxygens (including phenoxy) is 1.